The first-order chi connectivity index (χ1) is 17.3. The minimum atomic E-state index is -5.08. The molecule has 2 aromatic carbocycles. The van der Waals surface area contributed by atoms with Gasteiger partial charge >= 0.3 is 12.1 Å². The first-order valence-corrected chi connectivity index (χ1v) is 13.2. The molecule has 0 radical (unpaired) electrons. The summed E-state index contributed by atoms with van der Waals surface area (Å²) in [5.41, 5.74) is 2.88. The van der Waals surface area contributed by atoms with Gasteiger partial charge in [-0.2, -0.15) is 17.5 Å². The fourth-order valence-corrected chi connectivity index (χ4v) is 5.42. The fraction of sp³-hybridized carbons (Fsp3) is 0.440. The van der Waals surface area contributed by atoms with Crippen LogP contribution in [-0.2, 0) is 26.0 Å². The second-order valence-electron chi connectivity index (χ2n) is 8.63. The van der Waals surface area contributed by atoms with E-state index in [1.807, 2.05) is 43.3 Å². The minimum absolute atomic E-state index is 0.121. The summed E-state index contributed by atoms with van der Waals surface area (Å²) in [6.07, 6.45) is -3.66. The van der Waals surface area contributed by atoms with Crippen molar-refractivity contribution in [2.45, 2.75) is 37.8 Å². The number of rotatable bonds is 8. The topological polar surface area (TPSA) is 107 Å². The molecule has 0 bridgehead atoms. The summed E-state index contributed by atoms with van der Waals surface area (Å²) in [5, 5.41) is 10.3. The number of aryl methyl sites for hydroxylation is 3. The third kappa shape index (κ3) is 9.45. The van der Waals surface area contributed by atoms with Gasteiger partial charge < -0.3 is 15.3 Å². The van der Waals surface area contributed by atoms with Gasteiger partial charge in [0.25, 0.3) is 0 Å². The molecule has 3 rings (SSSR count). The van der Waals surface area contributed by atoms with Gasteiger partial charge in [-0.1, -0.05) is 48.0 Å². The van der Waals surface area contributed by atoms with Crippen molar-refractivity contribution in [2.75, 3.05) is 39.3 Å². The quantitative estimate of drug-likeness (QED) is 0.530. The molecule has 1 amide bonds. The van der Waals surface area contributed by atoms with Gasteiger partial charge in [-0.25, -0.2) is 13.2 Å². The van der Waals surface area contributed by atoms with Crippen LogP contribution in [0.3, 0.4) is 0 Å². The van der Waals surface area contributed by atoms with Gasteiger partial charge in [-0.15, -0.1) is 0 Å². The van der Waals surface area contributed by atoms with E-state index in [2.05, 4.69) is 5.32 Å². The Morgan fingerprint density at radius 2 is 1.65 bits per heavy atom. The first-order valence-electron chi connectivity index (χ1n) is 11.7. The van der Waals surface area contributed by atoms with Crippen LogP contribution in [-0.4, -0.2) is 80.1 Å². The van der Waals surface area contributed by atoms with Gasteiger partial charge in [-0.05, 0) is 43.9 Å². The number of hydrogen-bond acceptors (Lipinski definition) is 5. The summed E-state index contributed by atoms with van der Waals surface area (Å²) >= 11 is 0. The Balaban J connectivity index is 0.000000604. The molecule has 1 heterocycles. The molecule has 0 aromatic heterocycles. The lowest BCUT2D eigenvalue weighted by Gasteiger charge is -2.30. The van der Waals surface area contributed by atoms with E-state index in [-0.39, 0.29) is 17.3 Å². The Kier molecular flexibility index (Phi) is 11.1. The molecule has 0 atom stereocenters. The van der Waals surface area contributed by atoms with Gasteiger partial charge in [0.05, 0.1) is 11.4 Å². The number of hydrogen-bond donors (Lipinski definition) is 2. The molecule has 1 fully saturated rings. The average Bonchev–Trinajstić information content (AvgIpc) is 2.84. The number of nitrogens with zero attached hydrogens (tertiary/aromatic N) is 2. The molecule has 2 N–H and O–H groups in total. The van der Waals surface area contributed by atoms with Gasteiger partial charge in [0.2, 0.25) is 15.9 Å². The van der Waals surface area contributed by atoms with Gasteiger partial charge in [0.1, 0.15) is 0 Å². The number of nitrogens with one attached hydrogen (secondary N) is 1. The van der Waals surface area contributed by atoms with Crippen molar-refractivity contribution in [2.24, 2.45) is 0 Å². The number of carbonyl (C=O) groups excluding carboxylic acids is 1. The fourth-order valence-electron chi connectivity index (χ4n) is 3.78. The molecule has 1 aliphatic heterocycles. The average molecular weight is 544 g/mol. The minimum Gasteiger partial charge on any atom is -0.475 e. The monoisotopic (exact) mass is 543 g/mol. The highest BCUT2D eigenvalue weighted by atomic mass is 32.2. The Morgan fingerprint density at radius 3 is 2.19 bits per heavy atom. The van der Waals surface area contributed by atoms with E-state index in [9.17, 15) is 26.4 Å². The highest BCUT2D eigenvalue weighted by Crippen LogP contribution is 2.22. The number of sulfonamides is 1. The lowest BCUT2D eigenvalue weighted by atomic mass is 10.1. The maximum Gasteiger partial charge on any atom is 0.490 e. The molecular weight excluding hydrogens is 511 g/mol. The summed E-state index contributed by atoms with van der Waals surface area (Å²) < 4.78 is 60.0. The van der Waals surface area contributed by atoms with Crippen LogP contribution < -0.4 is 5.32 Å². The molecule has 1 aliphatic rings. The van der Waals surface area contributed by atoms with Crippen molar-refractivity contribution in [1.29, 1.82) is 0 Å². The Bertz CT molecular complexity index is 1150. The molecule has 37 heavy (non-hydrogen) atoms. The number of alkyl halides is 3. The maximum atomic E-state index is 13.5. The zero-order valence-electron chi connectivity index (χ0n) is 20.8. The highest BCUT2D eigenvalue weighted by molar-refractivity contribution is 7.89. The number of amides is 1. The van der Waals surface area contributed by atoms with Gasteiger partial charge in [-0.3, -0.25) is 4.79 Å². The van der Waals surface area contributed by atoms with Crippen LogP contribution >= 0.6 is 0 Å². The summed E-state index contributed by atoms with van der Waals surface area (Å²) in [6, 6.07) is 15.3. The zero-order chi connectivity index (χ0) is 27.6. The number of piperazine rings is 1. The summed E-state index contributed by atoms with van der Waals surface area (Å²) in [4.78, 5) is 23.8. The standard InChI is InChI=1S/C23H31N3O3S.C2HF3O2/c1-19-10-11-22(20(2)17-19)30(28,29)26(14-6-9-21-7-4-3-5-8-21)18-23(27)25-15-12-24-13-16-25;3-2(4,5)1(6)7/h3-5,7-8,10-11,17,24H,6,9,12-16,18H2,1-2H3;(H,6,7). The molecule has 1 saturated heterocycles. The predicted octanol–water partition coefficient (Wildman–Crippen LogP) is 2.99. The third-order valence-corrected chi connectivity index (χ3v) is 7.69. The van der Waals surface area contributed by atoms with Crippen LogP contribution in [0.25, 0.3) is 0 Å². The smallest absolute Gasteiger partial charge is 0.475 e. The summed E-state index contributed by atoms with van der Waals surface area (Å²) in [6.45, 7) is 6.63. The number of halogens is 3. The molecule has 2 aromatic rings. The Morgan fingerprint density at radius 1 is 1.05 bits per heavy atom. The van der Waals surface area contributed by atoms with Crippen molar-refractivity contribution in [3.63, 3.8) is 0 Å². The van der Waals surface area contributed by atoms with Gasteiger partial charge in [0.15, 0.2) is 0 Å². The van der Waals surface area contributed by atoms with Crippen LogP contribution in [0, 0.1) is 13.8 Å². The number of carboxylic acid groups (broad SMARTS) is 1. The number of aliphatic carboxylic acids is 1. The Hall–Kier alpha value is -2.96. The largest absolute Gasteiger partial charge is 0.490 e. The predicted molar refractivity (Wildman–Crippen MR) is 133 cm³/mol. The van der Waals surface area contributed by atoms with E-state index in [1.54, 1.807) is 24.0 Å². The van der Waals surface area contributed by atoms with Crippen molar-refractivity contribution >= 4 is 21.9 Å². The highest BCUT2D eigenvalue weighted by Gasteiger charge is 2.38. The van der Waals surface area contributed by atoms with Crippen molar-refractivity contribution in [3.05, 3.63) is 65.2 Å². The van der Waals surface area contributed by atoms with E-state index in [4.69, 9.17) is 9.90 Å². The molecule has 0 unspecified atom stereocenters. The van der Waals surface area contributed by atoms with Crippen molar-refractivity contribution < 1.29 is 36.3 Å². The van der Waals surface area contributed by atoms with Gasteiger partial charge in [0, 0.05) is 32.7 Å². The second-order valence-corrected chi connectivity index (χ2v) is 10.5. The van der Waals surface area contributed by atoms with Crippen LogP contribution in [0.1, 0.15) is 23.1 Å². The van der Waals surface area contributed by atoms with Crippen LogP contribution in [0.2, 0.25) is 0 Å². The van der Waals surface area contributed by atoms with E-state index in [0.29, 0.717) is 31.6 Å². The molecule has 204 valence electrons. The van der Waals surface area contributed by atoms with E-state index in [0.717, 1.165) is 30.6 Å². The first kappa shape index (κ1) is 30.3. The van der Waals surface area contributed by atoms with Crippen molar-refractivity contribution in [3.8, 4) is 0 Å². The van der Waals surface area contributed by atoms with Crippen molar-refractivity contribution in [1.82, 2.24) is 14.5 Å². The molecule has 0 saturated carbocycles. The number of carboxylic acids is 1. The molecule has 0 spiro atoms. The maximum absolute atomic E-state index is 13.5. The Labute approximate surface area is 215 Å². The van der Waals surface area contributed by atoms with E-state index >= 15 is 0 Å². The van der Waals surface area contributed by atoms with Crippen LogP contribution in [0.5, 0.6) is 0 Å². The molecule has 0 aliphatic carbocycles. The number of benzene rings is 2. The molecule has 8 nitrogen and oxygen atoms in total. The summed E-state index contributed by atoms with van der Waals surface area (Å²) in [5.74, 6) is -2.89. The normalized spacial score (nSPS) is 14.2. The zero-order valence-corrected chi connectivity index (χ0v) is 21.6. The van der Waals surface area contributed by atoms with E-state index in [1.165, 1.54) is 4.31 Å². The molecular formula is C25H32F3N3O5S. The van der Waals surface area contributed by atoms with E-state index < -0.39 is 22.2 Å². The molecule has 12 heteroatoms. The number of carbonyl (C=O) groups is 2. The second kappa shape index (κ2) is 13.5. The van der Waals surface area contributed by atoms with Crippen LogP contribution in [0.4, 0.5) is 13.2 Å². The SMILES string of the molecule is Cc1ccc(S(=O)(=O)N(CCCc2ccccc2)CC(=O)N2CCNCC2)c(C)c1.O=C(O)C(F)(F)F. The lowest BCUT2D eigenvalue weighted by molar-refractivity contribution is -0.192. The summed E-state index contributed by atoms with van der Waals surface area (Å²) in [7, 11) is -3.77. The lowest BCUT2D eigenvalue weighted by Crippen LogP contribution is -2.50. The third-order valence-electron chi connectivity index (χ3n) is 5.69. The van der Waals surface area contributed by atoms with Crippen LogP contribution in [0.15, 0.2) is 53.4 Å².